The van der Waals surface area contributed by atoms with Gasteiger partial charge < -0.3 is 15.4 Å². The average Bonchev–Trinajstić information content (AvgIpc) is 2.87. The number of aliphatic hydroxyl groups excluding tert-OH is 1. The van der Waals surface area contributed by atoms with Gasteiger partial charge in [-0.05, 0) is 13.3 Å². The SMILES string of the molecule is CCCc1nc(NCC=C(C)CO)c2[nH]cnc2n1. The molecule has 19 heavy (non-hydrogen) atoms. The molecule has 0 amide bonds. The van der Waals surface area contributed by atoms with Crippen LogP contribution in [0.25, 0.3) is 11.2 Å². The molecule has 0 atom stereocenters. The van der Waals surface area contributed by atoms with Crippen LogP contribution in [0.3, 0.4) is 0 Å². The number of imidazole rings is 1. The van der Waals surface area contributed by atoms with E-state index in [1.165, 1.54) is 0 Å². The van der Waals surface area contributed by atoms with Crippen molar-refractivity contribution in [2.75, 3.05) is 18.5 Å². The van der Waals surface area contributed by atoms with Gasteiger partial charge in [0.05, 0.1) is 12.9 Å². The molecule has 2 aromatic heterocycles. The van der Waals surface area contributed by atoms with Gasteiger partial charge in [0.1, 0.15) is 11.3 Å². The first-order valence-electron chi connectivity index (χ1n) is 6.45. The number of aromatic nitrogens is 4. The van der Waals surface area contributed by atoms with Crippen LogP contribution in [0.4, 0.5) is 5.82 Å². The maximum Gasteiger partial charge on any atom is 0.183 e. The van der Waals surface area contributed by atoms with Gasteiger partial charge in [-0.1, -0.05) is 18.6 Å². The molecule has 6 nitrogen and oxygen atoms in total. The number of nitrogens with zero attached hydrogens (tertiary/aromatic N) is 3. The lowest BCUT2D eigenvalue weighted by atomic mass is 10.3. The monoisotopic (exact) mass is 261 g/mol. The molecule has 2 heterocycles. The zero-order chi connectivity index (χ0) is 13.7. The van der Waals surface area contributed by atoms with Crippen LogP contribution in [0.2, 0.25) is 0 Å². The minimum Gasteiger partial charge on any atom is -0.392 e. The van der Waals surface area contributed by atoms with Crippen molar-refractivity contribution in [1.29, 1.82) is 0 Å². The molecular weight excluding hydrogens is 242 g/mol. The highest BCUT2D eigenvalue weighted by molar-refractivity contribution is 5.82. The van der Waals surface area contributed by atoms with Gasteiger partial charge in [0.15, 0.2) is 11.5 Å². The van der Waals surface area contributed by atoms with Gasteiger partial charge in [0.2, 0.25) is 0 Å². The van der Waals surface area contributed by atoms with Crippen molar-refractivity contribution in [3.63, 3.8) is 0 Å². The molecule has 2 rings (SSSR count). The summed E-state index contributed by atoms with van der Waals surface area (Å²) < 4.78 is 0. The number of aryl methyl sites for hydroxylation is 1. The van der Waals surface area contributed by atoms with E-state index in [0.29, 0.717) is 12.2 Å². The van der Waals surface area contributed by atoms with Crippen molar-refractivity contribution in [3.8, 4) is 0 Å². The van der Waals surface area contributed by atoms with Crippen molar-refractivity contribution < 1.29 is 5.11 Å². The Morgan fingerprint density at radius 3 is 3.05 bits per heavy atom. The third-order valence-corrected chi connectivity index (χ3v) is 2.77. The normalized spacial score (nSPS) is 12.1. The minimum atomic E-state index is 0.0754. The fraction of sp³-hybridized carbons (Fsp3) is 0.462. The summed E-state index contributed by atoms with van der Waals surface area (Å²) in [7, 11) is 0. The van der Waals surface area contributed by atoms with Crippen LogP contribution in [0.15, 0.2) is 18.0 Å². The molecule has 3 N–H and O–H groups in total. The fourth-order valence-corrected chi connectivity index (χ4v) is 1.73. The lowest BCUT2D eigenvalue weighted by Gasteiger charge is -2.06. The third kappa shape index (κ3) is 3.29. The second-order valence-corrected chi connectivity index (χ2v) is 4.43. The van der Waals surface area contributed by atoms with Crippen LogP contribution in [0.5, 0.6) is 0 Å². The van der Waals surface area contributed by atoms with E-state index in [0.717, 1.165) is 35.6 Å². The summed E-state index contributed by atoms with van der Waals surface area (Å²) in [6.07, 6.45) is 5.39. The second-order valence-electron chi connectivity index (χ2n) is 4.43. The molecular formula is C13H19N5O. The smallest absolute Gasteiger partial charge is 0.183 e. The zero-order valence-electron chi connectivity index (χ0n) is 11.3. The van der Waals surface area contributed by atoms with Crippen molar-refractivity contribution in [2.24, 2.45) is 0 Å². The topological polar surface area (TPSA) is 86.7 Å². The fourth-order valence-electron chi connectivity index (χ4n) is 1.73. The first kappa shape index (κ1) is 13.5. The van der Waals surface area contributed by atoms with E-state index in [4.69, 9.17) is 5.11 Å². The Kier molecular flexibility index (Phi) is 4.46. The summed E-state index contributed by atoms with van der Waals surface area (Å²) in [6.45, 7) is 4.67. The molecule has 0 saturated heterocycles. The highest BCUT2D eigenvalue weighted by atomic mass is 16.3. The lowest BCUT2D eigenvalue weighted by Crippen LogP contribution is -2.06. The number of fused-ring (bicyclic) bond motifs is 1. The number of anilines is 1. The molecule has 0 radical (unpaired) electrons. The van der Waals surface area contributed by atoms with E-state index in [1.54, 1.807) is 6.33 Å². The van der Waals surface area contributed by atoms with Crippen molar-refractivity contribution in [1.82, 2.24) is 19.9 Å². The molecule has 102 valence electrons. The van der Waals surface area contributed by atoms with Gasteiger partial charge in [-0.2, -0.15) is 0 Å². The van der Waals surface area contributed by atoms with Crippen LogP contribution in [0.1, 0.15) is 26.1 Å². The molecule has 2 aromatic rings. The molecule has 0 aliphatic rings. The van der Waals surface area contributed by atoms with E-state index in [2.05, 4.69) is 32.2 Å². The number of aromatic amines is 1. The Morgan fingerprint density at radius 1 is 1.47 bits per heavy atom. The number of hydrogen-bond donors (Lipinski definition) is 3. The van der Waals surface area contributed by atoms with Gasteiger partial charge in [0.25, 0.3) is 0 Å². The second kappa shape index (κ2) is 6.29. The van der Waals surface area contributed by atoms with Crippen LogP contribution in [-0.2, 0) is 6.42 Å². The molecule has 0 unspecified atom stereocenters. The summed E-state index contributed by atoms with van der Waals surface area (Å²) in [5.41, 5.74) is 2.43. The summed E-state index contributed by atoms with van der Waals surface area (Å²) in [5.74, 6) is 1.56. The summed E-state index contributed by atoms with van der Waals surface area (Å²) in [4.78, 5) is 16.1. The predicted octanol–water partition coefficient (Wildman–Crippen LogP) is 1.66. The Morgan fingerprint density at radius 2 is 2.32 bits per heavy atom. The maximum absolute atomic E-state index is 8.95. The number of aliphatic hydroxyl groups is 1. The van der Waals surface area contributed by atoms with Crippen LogP contribution in [0, 0.1) is 0 Å². The Balaban J connectivity index is 2.22. The van der Waals surface area contributed by atoms with E-state index in [1.807, 2.05) is 13.0 Å². The molecule has 0 saturated carbocycles. The van der Waals surface area contributed by atoms with Gasteiger partial charge in [-0.25, -0.2) is 15.0 Å². The maximum atomic E-state index is 8.95. The third-order valence-electron chi connectivity index (χ3n) is 2.77. The van der Waals surface area contributed by atoms with Crippen molar-refractivity contribution in [3.05, 3.63) is 23.8 Å². The quantitative estimate of drug-likeness (QED) is 0.688. The van der Waals surface area contributed by atoms with Crippen LogP contribution in [-0.4, -0.2) is 38.2 Å². The minimum absolute atomic E-state index is 0.0754. The van der Waals surface area contributed by atoms with Crippen molar-refractivity contribution in [2.45, 2.75) is 26.7 Å². The largest absolute Gasteiger partial charge is 0.392 e. The highest BCUT2D eigenvalue weighted by Gasteiger charge is 2.08. The Labute approximate surface area is 112 Å². The van der Waals surface area contributed by atoms with Gasteiger partial charge in [-0.15, -0.1) is 0 Å². The summed E-state index contributed by atoms with van der Waals surface area (Å²) in [6, 6.07) is 0. The number of nitrogens with one attached hydrogen (secondary N) is 2. The van der Waals surface area contributed by atoms with E-state index in [-0.39, 0.29) is 6.61 Å². The molecule has 0 bridgehead atoms. The first-order valence-corrected chi connectivity index (χ1v) is 6.45. The highest BCUT2D eigenvalue weighted by Crippen LogP contribution is 2.16. The Bertz CT molecular complexity index is 575. The average molecular weight is 261 g/mol. The molecule has 0 aliphatic carbocycles. The van der Waals surface area contributed by atoms with E-state index < -0.39 is 0 Å². The Hall–Kier alpha value is -1.95. The van der Waals surface area contributed by atoms with Gasteiger partial charge >= 0.3 is 0 Å². The molecule has 0 fully saturated rings. The van der Waals surface area contributed by atoms with Crippen LogP contribution < -0.4 is 5.32 Å². The molecule has 0 aliphatic heterocycles. The standard InChI is InChI=1S/C13H19N5O/c1-3-4-10-17-12(14-6-5-9(2)7-19)11-13(18-10)16-8-15-11/h5,8,19H,3-4,6-7H2,1-2H3,(H2,14,15,16,17,18). The van der Waals surface area contributed by atoms with Gasteiger partial charge in [-0.3, -0.25) is 0 Å². The zero-order valence-corrected chi connectivity index (χ0v) is 11.3. The summed E-state index contributed by atoms with van der Waals surface area (Å²) in [5, 5.41) is 12.2. The molecule has 6 heteroatoms. The van der Waals surface area contributed by atoms with E-state index >= 15 is 0 Å². The van der Waals surface area contributed by atoms with Crippen LogP contribution >= 0.6 is 0 Å². The first-order chi connectivity index (χ1) is 9.24. The number of hydrogen-bond acceptors (Lipinski definition) is 5. The molecule has 0 spiro atoms. The van der Waals surface area contributed by atoms with E-state index in [9.17, 15) is 0 Å². The molecule has 0 aromatic carbocycles. The number of rotatable bonds is 6. The predicted molar refractivity (Wildman–Crippen MR) is 75.0 cm³/mol. The lowest BCUT2D eigenvalue weighted by molar-refractivity contribution is 0.331. The number of H-pyrrole nitrogens is 1. The van der Waals surface area contributed by atoms with Gasteiger partial charge in [0, 0.05) is 13.0 Å². The van der Waals surface area contributed by atoms with Crippen molar-refractivity contribution >= 4 is 17.0 Å². The summed E-state index contributed by atoms with van der Waals surface area (Å²) >= 11 is 0.